The molecule has 246 valence electrons. The maximum atomic E-state index is 14.2. The highest BCUT2D eigenvalue weighted by Crippen LogP contribution is 2.29. The van der Waals surface area contributed by atoms with Gasteiger partial charge in [0.05, 0.1) is 22.8 Å². The molecule has 6 rings (SSSR count). The molecule has 0 radical (unpaired) electrons. The zero-order chi connectivity index (χ0) is 34.7. The Morgan fingerprint density at radius 1 is 0.681 bits per heavy atom. The van der Waals surface area contributed by atoms with Gasteiger partial charge >= 0.3 is 23.7 Å². The lowest BCUT2D eigenvalue weighted by Crippen LogP contribution is -2.41. The summed E-state index contributed by atoms with van der Waals surface area (Å²) >= 11 is 0. The van der Waals surface area contributed by atoms with E-state index in [0.29, 0.717) is 26.7 Å². The molecule has 1 N–H and O–H groups in total. The van der Waals surface area contributed by atoms with Crippen LogP contribution in [0.4, 0.5) is 35.1 Å². The number of alkyl halides is 6. The molecule has 0 spiro atoms. The van der Waals surface area contributed by atoms with Crippen LogP contribution in [0.3, 0.4) is 0 Å². The van der Waals surface area contributed by atoms with Crippen molar-refractivity contribution in [3.8, 4) is 11.4 Å². The van der Waals surface area contributed by atoms with Crippen LogP contribution in [0.15, 0.2) is 64.6 Å². The SMILES string of the molecule is Cc1noc2cc(F)c(-n3c(=O)cc(C(F)(F)F)[nH]c3=O)cc12.Cc1noc2cc(F)c(-n3c(=O)cc(C(F)(F)F)n(C)c3=O)cc12. The number of aryl methyl sites for hydroxylation is 2. The minimum atomic E-state index is -4.90. The molecule has 4 aromatic heterocycles. The second kappa shape index (κ2) is 11.2. The van der Waals surface area contributed by atoms with Crippen LogP contribution in [0.1, 0.15) is 22.8 Å². The number of rotatable bonds is 2. The number of hydrogen-bond donors (Lipinski definition) is 1. The van der Waals surface area contributed by atoms with Crippen LogP contribution in [0, 0.1) is 25.5 Å². The number of aromatic amines is 1. The average molecular weight is 672 g/mol. The molecule has 6 aromatic rings. The first-order valence-corrected chi connectivity index (χ1v) is 12.7. The van der Waals surface area contributed by atoms with Gasteiger partial charge in [0.15, 0.2) is 22.8 Å². The number of nitrogens with zero attached hydrogens (tertiary/aromatic N) is 5. The van der Waals surface area contributed by atoms with E-state index in [1.165, 1.54) is 4.98 Å². The third-order valence-electron chi connectivity index (χ3n) is 6.77. The Hall–Kier alpha value is -5.82. The van der Waals surface area contributed by atoms with Crippen molar-refractivity contribution >= 4 is 21.9 Å². The summed E-state index contributed by atoms with van der Waals surface area (Å²) in [6, 6.07) is 4.48. The third kappa shape index (κ3) is 5.84. The summed E-state index contributed by atoms with van der Waals surface area (Å²) in [6.07, 6.45) is -9.79. The first kappa shape index (κ1) is 32.6. The summed E-state index contributed by atoms with van der Waals surface area (Å²) in [5, 5.41) is 7.88. The van der Waals surface area contributed by atoms with Crippen LogP contribution in [0.5, 0.6) is 0 Å². The Morgan fingerprint density at radius 3 is 1.60 bits per heavy atom. The van der Waals surface area contributed by atoms with E-state index < -0.39 is 69.2 Å². The maximum absolute atomic E-state index is 14.2. The molecule has 0 fully saturated rings. The molecule has 0 saturated heterocycles. The summed E-state index contributed by atoms with van der Waals surface area (Å²) in [5.74, 6) is -2.02. The predicted molar refractivity (Wildman–Crippen MR) is 144 cm³/mol. The van der Waals surface area contributed by atoms with Crippen LogP contribution >= 0.6 is 0 Å². The van der Waals surface area contributed by atoms with Gasteiger partial charge in [0, 0.05) is 42.1 Å². The van der Waals surface area contributed by atoms with Gasteiger partial charge in [-0.1, -0.05) is 10.3 Å². The van der Waals surface area contributed by atoms with Gasteiger partial charge in [-0.3, -0.25) is 14.2 Å². The molecule has 0 aliphatic heterocycles. The smallest absolute Gasteiger partial charge is 0.356 e. The number of aromatic nitrogens is 6. The molecule has 2 aromatic carbocycles. The topological polar surface area (TPSA) is 151 Å². The molecule has 0 aliphatic rings. The van der Waals surface area contributed by atoms with Gasteiger partial charge in [-0.25, -0.2) is 27.5 Å². The minimum Gasteiger partial charge on any atom is -0.356 e. The predicted octanol–water partition coefficient (Wildman–Crippen LogP) is 4.28. The molecular weight excluding hydrogens is 656 g/mol. The van der Waals surface area contributed by atoms with E-state index in [1.54, 1.807) is 13.8 Å². The average Bonchev–Trinajstić information content (AvgIpc) is 3.50. The van der Waals surface area contributed by atoms with Crippen molar-refractivity contribution in [3.05, 3.63) is 112 Å². The number of benzene rings is 2. The summed E-state index contributed by atoms with van der Waals surface area (Å²) in [7, 11) is 0.849. The molecule has 0 amide bonds. The molecule has 0 saturated carbocycles. The molecule has 0 bridgehead atoms. The molecule has 4 heterocycles. The third-order valence-corrected chi connectivity index (χ3v) is 6.77. The fourth-order valence-electron chi connectivity index (χ4n) is 4.48. The Bertz CT molecular complexity index is 2420. The minimum absolute atomic E-state index is 0.0835. The summed E-state index contributed by atoms with van der Waals surface area (Å²) < 4.78 is 115. The quantitative estimate of drug-likeness (QED) is 0.268. The van der Waals surface area contributed by atoms with Crippen LogP contribution in [0.25, 0.3) is 33.3 Å². The number of H-pyrrole nitrogens is 1. The lowest BCUT2D eigenvalue weighted by Gasteiger charge is -2.14. The summed E-state index contributed by atoms with van der Waals surface area (Å²) in [6.45, 7) is 3.11. The van der Waals surface area contributed by atoms with Crippen molar-refractivity contribution < 1.29 is 44.2 Å². The highest BCUT2D eigenvalue weighted by Gasteiger charge is 2.35. The molecule has 0 unspecified atom stereocenters. The first-order valence-electron chi connectivity index (χ1n) is 12.7. The van der Waals surface area contributed by atoms with Crippen molar-refractivity contribution in [2.24, 2.45) is 7.05 Å². The number of nitrogens with one attached hydrogen (secondary N) is 1. The van der Waals surface area contributed by atoms with Crippen LogP contribution in [-0.2, 0) is 19.4 Å². The van der Waals surface area contributed by atoms with Crippen molar-refractivity contribution in [1.29, 1.82) is 0 Å². The summed E-state index contributed by atoms with van der Waals surface area (Å²) in [5.41, 5.74) is -8.31. The van der Waals surface area contributed by atoms with Gasteiger partial charge in [-0.05, 0) is 26.0 Å². The maximum Gasteiger partial charge on any atom is 0.431 e. The Kier molecular flexibility index (Phi) is 7.77. The molecule has 0 aliphatic carbocycles. The van der Waals surface area contributed by atoms with Gasteiger partial charge in [0.1, 0.15) is 11.4 Å². The van der Waals surface area contributed by atoms with E-state index in [-0.39, 0.29) is 32.4 Å². The zero-order valence-electron chi connectivity index (χ0n) is 23.7. The Balaban J connectivity index is 0.000000185. The Labute approximate surface area is 252 Å². The van der Waals surface area contributed by atoms with Crippen molar-refractivity contribution in [2.45, 2.75) is 26.2 Å². The first-order chi connectivity index (χ1) is 21.8. The fourth-order valence-corrected chi connectivity index (χ4v) is 4.48. The Morgan fingerprint density at radius 2 is 1.15 bits per heavy atom. The van der Waals surface area contributed by atoms with E-state index >= 15 is 0 Å². The van der Waals surface area contributed by atoms with Crippen molar-refractivity contribution in [1.82, 2.24) is 29.0 Å². The van der Waals surface area contributed by atoms with Gasteiger partial charge in [0.25, 0.3) is 11.1 Å². The van der Waals surface area contributed by atoms with Crippen LogP contribution in [0.2, 0.25) is 0 Å². The van der Waals surface area contributed by atoms with Gasteiger partial charge in [-0.2, -0.15) is 26.3 Å². The summed E-state index contributed by atoms with van der Waals surface area (Å²) in [4.78, 5) is 49.4. The van der Waals surface area contributed by atoms with E-state index in [2.05, 4.69) is 10.3 Å². The standard InChI is InChI=1S/C14H9F4N3O3.C13H7F4N3O3/c1-6-7-3-9(8(15)4-10(7)24-19-6)21-12(22)5-11(14(16,17)18)20(2)13(21)23;1-5-6-2-8(7(14)3-9(6)23-19-5)20-11(21)4-10(13(15,16)17)18-12(20)22/h3-5H,1-2H3;2-4H,1H3,(H,18,22). The number of fused-ring (bicyclic) bond motifs is 2. The highest BCUT2D eigenvalue weighted by molar-refractivity contribution is 5.82. The lowest BCUT2D eigenvalue weighted by atomic mass is 10.2. The normalized spacial score (nSPS) is 12.1. The molecule has 0 atom stereocenters. The number of halogens is 8. The van der Waals surface area contributed by atoms with Crippen LogP contribution in [-0.4, -0.2) is 29.0 Å². The lowest BCUT2D eigenvalue weighted by molar-refractivity contribution is -0.144. The monoisotopic (exact) mass is 672 g/mol. The van der Waals surface area contributed by atoms with E-state index in [9.17, 15) is 54.3 Å². The zero-order valence-corrected chi connectivity index (χ0v) is 23.7. The van der Waals surface area contributed by atoms with E-state index in [0.717, 1.165) is 31.3 Å². The molecule has 47 heavy (non-hydrogen) atoms. The van der Waals surface area contributed by atoms with E-state index in [4.69, 9.17) is 9.05 Å². The largest absolute Gasteiger partial charge is 0.431 e. The van der Waals surface area contributed by atoms with Gasteiger partial charge in [0.2, 0.25) is 0 Å². The highest BCUT2D eigenvalue weighted by atomic mass is 19.4. The van der Waals surface area contributed by atoms with Crippen molar-refractivity contribution in [3.63, 3.8) is 0 Å². The molecule has 12 nitrogen and oxygen atoms in total. The van der Waals surface area contributed by atoms with Crippen molar-refractivity contribution in [2.75, 3.05) is 0 Å². The molecule has 20 heteroatoms. The fraction of sp³-hybridized carbons (Fsp3) is 0.185. The van der Waals surface area contributed by atoms with Crippen LogP contribution < -0.4 is 22.5 Å². The van der Waals surface area contributed by atoms with E-state index in [1.807, 2.05) is 0 Å². The molecular formula is C27H16F8N6O6. The van der Waals surface area contributed by atoms with Gasteiger partial charge < -0.3 is 14.0 Å². The second-order valence-corrected chi connectivity index (χ2v) is 9.84. The second-order valence-electron chi connectivity index (χ2n) is 9.84. The van der Waals surface area contributed by atoms with Gasteiger partial charge in [-0.15, -0.1) is 0 Å². The number of hydrogen-bond acceptors (Lipinski definition) is 8.